The van der Waals surface area contributed by atoms with Crippen molar-refractivity contribution in [3.05, 3.63) is 46.5 Å². The first-order chi connectivity index (χ1) is 8.65. The van der Waals surface area contributed by atoms with Gasteiger partial charge in [0.25, 0.3) is 0 Å². The maximum absolute atomic E-state index is 6.12. The smallest absolute Gasteiger partial charge is 0.222 e. The van der Waals surface area contributed by atoms with E-state index in [1.807, 2.05) is 12.3 Å². The SMILES string of the molecule is Cc1ccc2c(-c3nc(Cl)ncc3Cl)c[nH]c2c1. The van der Waals surface area contributed by atoms with Crippen LogP contribution >= 0.6 is 23.2 Å². The fourth-order valence-electron chi connectivity index (χ4n) is 1.97. The fraction of sp³-hybridized carbons (Fsp3) is 0.0769. The Hall–Kier alpha value is -1.58. The standard InChI is InChI=1S/C13H9Cl2N3/c1-7-2-3-8-9(5-16-11(8)4-7)12-10(14)6-17-13(15)18-12/h2-6,16H,1H3. The summed E-state index contributed by atoms with van der Waals surface area (Å²) in [5.41, 5.74) is 3.82. The predicted molar refractivity (Wildman–Crippen MR) is 74.1 cm³/mol. The second kappa shape index (κ2) is 4.26. The molecule has 0 bridgehead atoms. The number of benzene rings is 1. The maximum Gasteiger partial charge on any atom is 0.222 e. The van der Waals surface area contributed by atoms with Crippen LogP contribution in [0.4, 0.5) is 0 Å². The second-order valence-corrected chi connectivity index (χ2v) is 4.83. The molecule has 90 valence electrons. The van der Waals surface area contributed by atoms with Crippen molar-refractivity contribution in [3.63, 3.8) is 0 Å². The quantitative estimate of drug-likeness (QED) is 0.676. The number of rotatable bonds is 1. The number of aryl methyl sites for hydroxylation is 1. The van der Waals surface area contributed by atoms with E-state index in [0.29, 0.717) is 10.7 Å². The third kappa shape index (κ3) is 1.85. The number of hydrogen-bond acceptors (Lipinski definition) is 2. The van der Waals surface area contributed by atoms with Gasteiger partial charge in [-0.25, -0.2) is 9.97 Å². The third-order valence-electron chi connectivity index (χ3n) is 2.81. The highest BCUT2D eigenvalue weighted by Crippen LogP contribution is 2.32. The molecule has 2 heterocycles. The van der Waals surface area contributed by atoms with E-state index in [2.05, 4.69) is 34.0 Å². The summed E-state index contributed by atoms with van der Waals surface area (Å²) in [6, 6.07) is 6.18. The molecule has 3 aromatic rings. The number of fused-ring (bicyclic) bond motifs is 1. The van der Waals surface area contributed by atoms with Crippen molar-refractivity contribution >= 4 is 34.1 Å². The van der Waals surface area contributed by atoms with Gasteiger partial charge in [0.1, 0.15) is 0 Å². The Morgan fingerprint density at radius 3 is 2.89 bits per heavy atom. The summed E-state index contributed by atoms with van der Waals surface area (Å²) in [4.78, 5) is 11.3. The lowest BCUT2D eigenvalue weighted by Gasteiger charge is -2.02. The molecule has 0 fully saturated rings. The molecule has 1 aromatic carbocycles. The molecular weight excluding hydrogens is 269 g/mol. The Morgan fingerprint density at radius 2 is 2.06 bits per heavy atom. The summed E-state index contributed by atoms with van der Waals surface area (Å²) in [6.07, 6.45) is 3.40. The first kappa shape index (κ1) is 11.5. The van der Waals surface area contributed by atoms with Crippen molar-refractivity contribution in [2.45, 2.75) is 6.92 Å². The lowest BCUT2D eigenvalue weighted by molar-refractivity contribution is 1.17. The lowest BCUT2D eigenvalue weighted by Crippen LogP contribution is -1.88. The molecular formula is C13H9Cl2N3. The van der Waals surface area contributed by atoms with Crippen molar-refractivity contribution in [2.24, 2.45) is 0 Å². The topological polar surface area (TPSA) is 41.6 Å². The van der Waals surface area contributed by atoms with Gasteiger partial charge < -0.3 is 4.98 Å². The van der Waals surface area contributed by atoms with Gasteiger partial charge in [-0.2, -0.15) is 0 Å². The van der Waals surface area contributed by atoms with Crippen LogP contribution in [0.3, 0.4) is 0 Å². The third-order valence-corrected chi connectivity index (χ3v) is 3.27. The van der Waals surface area contributed by atoms with Gasteiger partial charge in [0, 0.05) is 22.7 Å². The Morgan fingerprint density at radius 1 is 1.22 bits per heavy atom. The molecule has 0 unspecified atom stereocenters. The summed E-state index contributed by atoms with van der Waals surface area (Å²) in [7, 11) is 0. The predicted octanol–water partition coefficient (Wildman–Crippen LogP) is 4.24. The highest BCUT2D eigenvalue weighted by molar-refractivity contribution is 6.34. The zero-order chi connectivity index (χ0) is 12.7. The summed E-state index contributed by atoms with van der Waals surface area (Å²) < 4.78 is 0. The van der Waals surface area contributed by atoms with Gasteiger partial charge in [0.2, 0.25) is 5.28 Å². The summed E-state index contributed by atoms with van der Waals surface area (Å²) in [5, 5.41) is 1.74. The molecule has 0 aliphatic heterocycles. The molecule has 3 rings (SSSR count). The zero-order valence-corrected chi connectivity index (χ0v) is 11.0. The molecule has 0 radical (unpaired) electrons. The largest absolute Gasteiger partial charge is 0.360 e. The van der Waals surface area contributed by atoms with E-state index in [1.165, 1.54) is 11.8 Å². The Labute approximate surface area is 114 Å². The fourth-order valence-corrected chi connectivity index (χ4v) is 2.30. The summed E-state index contributed by atoms with van der Waals surface area (Å²) in [6.45, 7) is 2.05. The number of nitrogens with one attached hydrogen (secondary N) is 1. The van der Waals surface area contributed by atoms with Crippen LogP contribution in [0, 0.1) is 6.92 Å². The van der Waals surface area contributed by atoms with Crippen molar-refractivity contribution in [1.82, 2.24) is 15.0 Å². The molecule has 0 amide bonds. The van der Waals surface area contributed by atoms with Crippen LogP contribution in [0.2, 0.25) is 10.3 Å². The van der Waals surface area contributed by atoms with E-state index in [1.54, 1.807) is 0 Å². The lowest BCUT2D eigenvalue weighted by atomic mass is 10.1. The molecule has 18 heavy (non-hydrogen) atoms. The van der Waals surface area contributed by atoms with E-state index in [9.17, 15) is 0 Å². The van der Waals surface area contributed by atoms with Crippen molar-refractivity contribution in [2.75, 3.05) is 0 Å². The van der Waals surface area contributed by atoms with E-state index < -0.39 is 0 Å². The number of H-pyrrole nitrogens is 1. The molecule has 0 spiro atoms. The molecule has 3 nitrogen and oxygen atoms in total. The molecule has 0 saturated heterocycles. The first-order valence-corrected chi connectivity index (χ1v) is 6.17. The summed E-state index contributed by atoms with van der Waals surface area (Å²) >= 11 is 11.9. The van der Waals surface area contributed by atoms with Gasteiger partial charge in [-0.1, -0.05) is 23.7 Å². The van der Waals surface area contributed by atoms with Crippen LogP contribution in [0.5, 0.6) is 0 Å². The second-order valence-electron chi connectivity index (χ2n) is 4.09. The van der Waals surface area contributed by atoms with Crippen LogP contribution in [-0.4, -0.2) is 15.0 Å². The van der Waals surface area contributed by atoms with E-state index in [0.717, 1.165) is 16.5 Å². The monoisotopic (exact) mass is 277 g/mol. The number of halogens is 2. The van der Waals surface area contributed by atoms with Crippen molar-refractivity contribution in [3.8, 4) is 11.3 Å². The van der Waals surface area contributed by atoms with Crippen molar-refractivity contribution < 1.29 is 0 Å². The minimum Gasteiger partial charge on any atom is -0.360 e. The highest BCUT2D eigenvalue weighted by Gasteiger charge is 2.12. The molecule has 0 saturated carbocycles. The molecule has 0 aliphatic carbocycles. The average Bonchev–Trinajstić information content (AvgIpc) is 2.75. The summed E-state index contributed by atoms with van der Waals surface area (Å²) in [5.74, 6) is 0. The van der Waals surface area contributed by atoms with E-state index in [4.69, 9.17) is 23.2 Å². The van der Waals surface area contributed by atoms with Crippen LogP contribution in [0.25, 0.3) is 22.2 Å². The minimum absolute atomic E-state index is 0.191. The molecule has 1 N–H and O–H groups in total. The van der Waals surface area contributed by atoms with Gasteiger partial charge in [0.15, 0.2) is 0 Å². The Balaban J connectivity index is 2.28. The first-order valence-electron chi connectivity index (χ1n) is 5.41. The van der Waals surface area contributed by atoms with Crippen molar-refractivity contribution in [1.29, 1.82) is 0 Å². The van der Waals surface area contributed by atoms with Crippen LogP contribution < -0.4 is 0 Å². The molecule has 2 aromatic heterocycles. The Bertz CT molecular complexity index is 734. The van der Waals surface area contributed by atoms with E-state index in [-0.39, 0.29) is 5.28 Å². The highest BCUT2D eigenvalue weighted by atomic mass is 35.5. The molecule has 0 aliphatic rings. The number of aromatic amines is 1. The van der Waals surface area contributed by atoms with Crippen LogP contribution in [0.15, 0.2) is 30.6 Å². The maximum atomic E-state index is 6.12. The molecule has 0 atom stereocenters. The number of nitrogens with zero attached hydrogens (tertiary/aromatic N) is 2. The van der Waals surface area contributed by atoms with Gasteiger partial charge in [0.05, 0.1) is 16.9 Å². The van der Waals surface area contributed by atoms with Crippen LogP contribution in [-0.2, 0) is 0 Å². The van der Waals surface area contributed by atoms with Gasteiger partial charge in [-0.15, -0.1) is 0 Å². The van der Waals surface area contributed by atoms with Gasteiger partial charge in [-0.05, 0) is 30.2 Å². The normalized spacial score (nSPS) is 11.1. The number of aromatic nitrogens is 3. The Kier molecular flexibility index (Phi) is 2.73. The van der Waals surface area contributed by atoms with E-state index >= 15 is 0 Å². The van der Waals surface area contributed by atoms with Gasteiger partial charge >= 0.3 is 0 Å². The van der Waals surface area contributed by atoms with Crippen LogP contribution in [0.1, 0.15) is 5.56 Å². The zero-order valence-electron chi connectivity index (χ0n) is 9.54. The molecule has 5 heteroatoms. The number of hydrogen-bond donors (Lipinski definition) is 1. The van der Waals surface area contributed by atoms with Gasteiger partial charge in [-0.3, -0.25) is 0 Å². The minimum atomic E-state index is 0.191. The average molecular weight is 278 g/mol.